The Morgan fingerprint density at radius 1 is 1.36 bits per heavy atom. The lowest BCUT2D eigenvalue weighted by molar-refractivity contribution is -0.0825. The maximum absolute atomic E-state index is 13.0. The van der Waals surface area contributed by atoms with Crippen LogP contribution in [0.2, 0.25) is 0 Å². The van der Waals surface area contributed by atoms with Gasteiger partial charge in [-0.2, -0.15) is 0 Å². The SMILES string of the molecule is CO[C@@]12CC[C@@H](O)C[C@@H]1N(C(=O)c1cccn1C1CC1)CC2. The second kappa shape index (κ2) is 5.10. The fourth-order valence-electron chi connectivity index (χ4n) is 4.31. The Bertz CT molecular complexity index is 580. The fourth-order valence-corrected chi connectivity index (χ4v) is 4.31. The molecular formula is C17H24N2O3. The van der Waals surface area contributed by atoms with Crippen LogP contribution in [0.15, 0.2) is 18.3 Å². The third-order valence-corrected chi connectivity index (χ3v) is 5.76. The maximum atomic E-state index is 13.0. The number of hydrogen-bond donors (Lipinski definition) is 1. The summed E-state index contributed by atoms with van der Waals surface area (Å²) in [4.78, 5) is 15.0. The van der Waals surface area contributed by atoms with E-state index in [1.165, 1.54) is 12.8 Å². The van der Waals surface area contributed by atoms with Gasteiger partial charge in [0, 0.05) is 25.9 Å². The first-order valence-electron chi connectivity index (χ1n) is 8.36. The van der Waals surface area contributed by atoms with Gasteiger partial charge in [0.1, 0.15) is 5.69 Å². The van der Waals surface area contributed by atoms with Crippen LogP contribution in [0.3, 0.4) is 0 Å². The summed E-state index contributed by atoms with van der Waals surface area (Å²) in [7, 11) is 1.74. The topological polar surface area (TPSA) is 54.7 Å². The van der Waals surface area contributed by atoms with E-state index in [4.69, 9.17) is 4.74 Å². The predicted molar refractivity (Wildman–Crippen MR) is 81.7 cm³/mol. The molecule has 3 aliphatic rings. The van der Waals surface area contributed by atoms with Gasteiger partial charge in [-0.15, -0.1) is 0 Å². The molecule has 1 aromatic rings. The molecule has 120 valence electrons. The van der Waals surface area contributed by atoms with Gasteiger partial charge in [-0.25, -0.2) is 0 Å². The van der Waals surface area contributed by atoms with Crippen molar-refractivity contribution in [2.45, 2.75) is 62.3 Å². The van der Waals surface area contributed by atoms with E-state index in [1.807, 2.05) is 23.2 Å². The fraction of sp³-hybridized carbons (Fsp3) is 0.706. The van der Waals surface area contributed by atoms with E-state index < -0.39 is 0 Å². The van der Waals surface area contributed by atoms with Crippen LogP contribution in [-0.2, 0) is 4.74 Å². The molecule has 0 aromatic carbocycles. The molecule has 22 heavy (non-hydrogen) atoms. The minimum atomic E-state index is -0.322. The molecule has 1 aromatic heterocycles. The van der Waals surface area contributed by atoms with Gasteiger partial charge in [-0.1, -0.05) is 0 Å². The monoisotopic (exact) mass is 304 g/mol. The number of fused-ring (bicyclic) bond motifs is 1. The number of aliphatic hydroxyl groups is 1. The molecule has 0 radical (unpaired) electrons. The van der Waals surface area contributed by atoms with Crippen LogP contribution in [0.5, 0.6) is 0 Å². The van der Waals surface area contributed by atoms with Gasteiger partial charge in [0.05, 0.1) is 17.7 Å². The molecule has 5 nitrogen and oxygen atoms in total. The van der Waals surface area contributed by atoms with Gasteiger partial charge >= 0.3 is 0 Å². The lowest BCUT2D eigenvalue weighted by Gasteiger charge is -2.42. The van der Waals surface area contributed by atoms with E-state index in [0.29, 0.717) is 12.5 Å². The smallest absolute Gasteiger partial charge is 0.270 e. The number of rotatable bonds is 3. The van der Waals surface area contributed by atoms with Gasteiger partial charge in [0.2, 0.25) is 0 Å². The van der Waals surface area contributed by atoms with Crippen LogP contribution >= 0.6 is 0 Å². The first-order chi connectivity index (χ1) is 10.6. The summed E-state index contributed by atoms with van der Waals surface area (Å²) in [6, 6.07) is 4.38. The molecule has 1 amide bonds. The maximum Gasteiger partial charge on any atom is 0.270 e. The Hall–Kier alpha value is -1.33. The molecule has 1 N–H and O–H groups in total. The average molecular weight is 304 g/mol. The zero-order valence-corrected chi connectivity index (χ0v) is 13.1. The van der Waals surface area contributed by atoms with E-state index in [0.717, 1.165) is 31.5 Å². The standard InChI is InChI=1S/C17H24N2O3/c1-22-17-7-6-13(20)11-15(17)19(10-8-17)16(21)14-3-2-9-18(14)12-4-5-12/h2-3,9,12-13,15,20H,4-8,10-11H2,1H3/t13-,15+,17-/m1/s1. The first-order valence-corrected chi connectivity index (χ1v) is 8.36. The Morgan fingerprint density at radius 3 is 2.91 bits per heavy atom. The molecule has 0 unspecified atom stereocenters. The zero-order valence-electron chi connectivity index (χ0n) is 13.1. The van der Waals surface area contributed by atoms with Crippen molar-refractivity contribution in [1.29, 1.82) is 0 Å². The Labute approximate surface area is 130 Å². The number of amides is 1. The molecule has 3 atom stereocenters. The van der Waals surface area contributed by atoms with Crippen molar-refractivity contribution < 1.29 is 14.6 Å². The van der Waals surface area contributed by atoms with Gasteiger partial charge in [-0.3, -0.25) is 4.79 Å². The van der Waals surface area contributed by atoms with Gasteiger partial charge in [0.15, 0.2) is 0 Å². The number of likely N-dealkylation sites (tertiary alicyclic amines) is 1. The van der Waals surface area contributed by atoms with Gasteiger partial charge < -0.3 is 19.3 Å². The van der Waals surface area contributed by atoms with Crippen LogP contribution in [0.4, 0.5) is 0 Å². The Morgan fingerprint density at radius 2 is 2.18 bits per heavy atom. The second-order valence-corrected chi connectivity index (χ2v) is 6.99. The normalized spacial score (nSPS) is 34.7. The van der Waals surface area contributed by atoms with Crippen molar-refractivity contribution in [3.63, 3.8) is 0 Å². The number of hydrogen-bond acceptors (Lipinski definition) is 3. The third kappa shape index (κ3) is 2.10. The highest BCUT2D eigenvalue weighted by atomic mass is 16.5. The first kappa shape index (κ1) is 14.3. The minimum absolute atomic E-state index is 0.00342. The summed E-state index contributed by atoms with van der Waals surface area (Å²) in [5.74, 6) is 0.0925. The molecule has 1 aliphatic heterocycles. The number of carbonyl (C=O) groups is 1. The van der Waals surface area contributed by atoms with Crippen LogP contribution in [0.25, 0.3) is 0 Å². The number of carbonyl (C=O) groups excluding carboxylic acids is 1. The molecular weight excluding hydrogens is 280 g/mol. The van der Waals surface area contributed by atoms with Crippen molar-refractivity contribution in [3.05, 3.63) is 24.0 Å². The average Bonchev–Trinajstić information content (AvgIpc) is 3.13. The Balaban J connectivity index is 1.61. The number of nitrogens with zero attached hydrogens (tertiary/aromatic N) is 2. The number of aliphatic hydroxyl groups excluding tert-OH is 1. The third-order valence-electron chi connectivity index (χ3n) is 5.76. The van der Waals surface area contributed by atoms with E-state index in [-0.39, 0.29) is 23.7 Å². The molecule has 2 saturated carbocycles. The molecule has 0 bridgehead atoms. The number of methoxy groups -OCH3 is 1. The summed E-state index contributed by atoms with van der Waals surface area (Å²) < 4.78 is 7.95. The van der Waals surface area contributed by atoms with Crippen molar-refractivity contribution >= 4 is 5.91 Å². The molecule has 2 heterocycles. The minimum Gasteiger partial charge on any atom is -0.393 e. The van der Waals surface area contributed by atoms with E-state index in [9.17, 15) is 9.90 Å². The highest BCUT2D eigenvalue weighted by Gasteiger charge is 2.52. The quantitative estimate of drug-likeness (QED) is 0.929. The summed E-state index contributed by atoms with van der Waals surface area (Å²) >= 11 is 0. The lowest BCUT2D eigenvalue weighted by atomic mass is 9.79. The van der Waals surface area contributed by atoms with Crippen LogP contribution in [-0.4, -0.2) is 51.9 Å². The van der Waals surface area contributed by atoms with Gasteiger partial charge in [0.25, 0.3) is 5.91 Å². The van der Waals surface area contributed by atoms with Gasteiger partial charge in [-0.05, 0) is 50.7 Å². The van der Waals surface area contributed by atoms with Crippen LogP contribution in [0, 0.1) is 0 Å². The van der Waals surface area contributed by atoms with Crippen LogP contribution < -0.4 is 0 Å². The molecule has 0 spiro atoms. The summed E-state index contributed by atoms with van der Waals surface area (Å²) in [5.41, 5.74) is 0.529. The van der Waals surface area contributed by atoms with E-state index in [1.54, 1.807) is 7.11 Å². The van der Waals surface area contributed by atoms with Crippen molar-refractivity contribution in [2.24, 2.45) is 0 Å². The molecule has 1 saturated heterocycles. The number of ether oxygens (including phenoxy) is 1. The Kier molecular flexibility index (Phi) is 3.31. The van der Waals surface area contributed by atoms with E-state index >= 15 is 0 Å². The van der Waals surface area contributed by atoms with Crippen molar-refractivity contribution in [1.82, 2.24) is 9.47 Å². The number of aromatic nitrogens is 1. The predicted octanol–water partition coefficient (Wildman–Crippen LogP) is 1.97. The van der Waals surface area contributed by atoms with Crippen LogP contribution in [0.1, 0.15) is 55.1 Å². The lowest BCUT2D eigenvalue weighted by Crippen LogP contribution is -2.53. The zero-order chi connectivity index (χ0) is 15.3. The van der Waals surface area contributed by atoms with Crippen molar-refractivity contribution in [2.75, 3.05) is 13.7 Å². The molecule has 3 fully saturated rings. The summed E-state index contributed by atoms with van der Waals surface area (Å²) in [5, 5.41) is 10.1. The largest absolute Gasteiger partial charge is 0.393 e. The summed E-state index contributed by atoms with van der Waals surface area (Å²) in [6.07, 6.45) is 7.13. The summed E-state index contributed by atoms with van der Waals surface area (Å²) in [6.45, 7) is 0.722. The van der Waals surface area contributed by atoms with E-state index in [2.05, 4.69) is 4.57 Å². The second-order valence-electron chi connectivity index (χ2n) is 6.99. The highest BCUT2D eigenvalue weighted by molar-refractivity contribution is 5.93. The molecule has 2 aliphatic carbocycles. The molecule has 5 heteroatoms. The molecule has 4 rings (SSSR count). The highest BCUT2D eigenvalue weighted by Crippen LogP contribution is 2.43. The van der Waals surface area contributed by atoms with Crippen molar-refractivity contribution in [3.8, 4) is 0 Å².